The van der Waals surface area contributed by atoms with E-state index in [0.29, 0.717) is 5.92 Å². The van der Waals surface area contributed by atoms with Crippen LogP contribution in [0.2, 0.25) is 10.6 Å². The number of hydrogen-bond acceptors (Lipinski definition) is 2. The van der Waals surface area contributed by atoms with Crippen molar-refractivity contribution < 1.29 is 8.53 Å². The molecule has 0 aliphatic carbocycles. The highest BCUT2D eigenvalue weighted by atomic mass is 27.2. The molecule has 0 fully saturated rings. The molecule has 0 amide bonds. The maximum atomic E-state index is 6.14. The van der Waals surface area contributed by atoms with Crippen LogP contribution in [0.15, 0.2) is 0 Å². The molecule has 17 heavy (non-hydrogen) atoms. The summed E-state index contributed by atoms with van der Waals surface area (Å²) in [5.41, 5.74) is 0. The first-order valence-corrected chi connectivity index (χ1v) is 9.18. The normalized spacial score (nSPS) is 13.8. The van der Waals surface area contributed by atoms with Gasteiger partial charge in [0, 0.05) is 0 Å². The molecule has 0 aromatic carbocycles. The van der Waals surface area contributed by atoms with E-state index in [1.54, 1.807) is 0 Å². The van der Waals surface area contributed by atoms with Gasteiger partial charge in [0.15, 0.2) is 0 Å². The molecule has 1 unspecified atom stereocenters. The summed E-state index contributed by atoms with van der Waals surface area (Å²) in [7, 11) is 0. The lowest BCUT2D eigenvalue weighted by molar-refractivity contribution is -0.0790. The van der Waals surface area contributed by atoms with Crippen molar-refractivity contribution in [3.8, 4) is 0 Å². The number of rotatable bonds is 9. The van der Waals surface area contributed by atoms with Crippen molar-refractivity contribution in [2.24, 2.45) is 17.8 Å². The Kier molecular flexibility index (Phi) is 9.64. The van der Waals surface area contributed by atoms with Gasteiger partial charge in [0.2, 0.25) is 0 Å². The Balaban J connectivity index is 4.03. The smallest absolute Gasteiger partial charge is 0.463 e. The summed E-state index contributed by atoms with van der Waals surface area (Å²) in [4.78, 5) is 0. The van der Waals surface area contributed by atoms with Gasteiger partial charge in [-0.05, 0) is 12.8 Å². The molecule has 0 bridgehead atoms. The van der Waals surface area contributed by atoms with Crippen LogP contribution in [-0.4, -0.2) is 27.4 Å². The molecule has 0 spiro atoms. The molecule has 0 saturated carbocycles. The van der Waals surface area contributed by atoms with E-state index in [2.05, 4.69) is 41.5 Å². The van der Waals surface area contributed by atoms with Crippen LogP contribution >= 0.6 is 0 Å². The SMILES string of the molecule is CC(C)COC(C)[O][Al]([CH2]C(C)C)[CH2]C(C)C. The maximum absolute atomic E-state index is 6.14. The fourth-order valence-electron chi connectivity index (χ4n) is 1.90. The molecular formula is C14H31AlO2. The van der Waals surface area contributed by atoms with E-state index in [0.717, 1.165) is 18.4 Å². The number of ether oxygens (including phenoxy) is 1. The van der Waals surface area contributed by atoms with Crippen LogP contribution in [0.3, 0.4) is 0 Å². The lowest BCUT2D eigenvalue weighted by atomic mass is 10.2. The highest BCUT2D eigenvalue weighted by Crippen LogP contribution is 2.17. The fraction of sp³-hybridized carbons (Fsp3) is 1.00. The Morgan fingerprint density at radius 3 is 1.59 bits per heavy atom. The van der Waals surface area contributed by atoms with E-state index in [9.17, 15) is 0 Å². The van der Waals surface area contributed by atoms with Gasteiger partial charge in [-0.25, -0.2) is 0 Å². The number of hydrogen-bond donors (Lipinski definition) is 0. The second kappa shape index (κ2) is 9.39. The summed E-state index contributed by atoms with van der Waals surface area (Å²) in [5, 5.41) is 2.51. The van der Waals surface area contributed by atoms with E-state index < -0.39 is 14.5 Å². The third kappa shape index (κ3) is 11.3. The van der Waals surface area contributed by atoms with Gasteiger partial charge >= 0.3 is 14.5 Å². The van der Waals surface area contributed by atoms with Crippen molar-refractivity contribution in [1.29, 1.82) is 0 Å². The molecule has 0 rings (SSSR count). The van der Waals surface area contributed by atoms with Gasteiger partial charge in [0.05, 0.1) is 6.61 Å². The van der Waals surface area contributed by atoms with E-state index in [1.807, 2.05) is 6.92 Å². The zero-order valence-corrected chi connectivity index (χ0v) is 14.0. The van der Waals surface area contributed by atoms with Gasteiger partial charge in [-0.15, -0.1) is 0 Å². The molecule has 3 heteroatoms. The van der Waals surface area contributed by atoms with Gasteiger partial charge in [0.1, 0.15) is 6.29 Å². The van der Waals surface area contributed by atoms with Crippen LogP contribution in [0.1, 0.15) is 48.5 Å². The zero-order valence-electron chi connectivity index (χ0n) is 12.8. The Bertz CT molecular complexity index is 171. The Labute approximate surface area is 113 Å². The predicted molar refractivity (Wildman–Crippen MR) is 76.4 cm³/mol. The van der Waals surface area contributed by atoms with Crippen molar-refractivity contribution in [2.75, 3.05) is 6.61 Å². The molecule has 0 aromatic heterocycles. The Morgan fingerprint density at radius 1 is 0.765 bits per heavy atom. The first kappa shape index (κ1) is 17.5. The minimum atomic E-state index is -1.10. The maximum Gasteiger partial charge on any atom is 0.463 e. The van der Waals surface area contributed by atoms with Gasteiger partial charge in [-0.3, -0.25) is 0 Å². The molecule has 0 aliphatic rings. The third-order valence-corrected chi connectivity index (χ3v) is 6.22. The van der Waals surface area contributed by atoms with Crippen LogP contribution < -0.4 is 0 Å². The van der Waals surface area contributed by atoms with Crippen molar-refractivity contribution in [3.05, 3.63) is 0 Å². The predicted octanol–water partition coefficient (Wildman–Crippen LogP) is 4.33. The first-order valence-electron chi connectivity index (χ1n) is 7.08. The third-order valence-electron chi connectivity index (χ3n) is 2.52. The topological polar surface area (TPSA) is 18.5 Å². The average Bonchev–Trinajstić information content (AvgIpc) is 2.12. The molecule has 0 radical (unpaired) electrons. The van der Waals surface area contributed by atoms with Crippen LogP contribution in [0.4, 0.5) is 0 Å². The molecule has 102 valence electrons. The summed E-state index contributed by atoms with van der Waals surface area (Å²) in [6.45, 7) is 16.3. The lowest BCUT2D eigenvalue weighted by Gasteiger charge is -2.23. The highest BCUT2D eigenvalue weighted by Gasteiger charge is 2.25. The van der Waals surface area contributed by atoms with Crippen molar-refractivity contribution in [3.63, 3.8) is 0 Å². The zero-order chi connectivity index (χ0) is 13.4. The molecular weight excluding hydrogens is 227 g/mol. The van der Waals surface area contributed by atoms with E-state index in [4.69, 9.17) is 8.53 Å². The van der Waals surface area contributed by atoms with Crippen molar-refractivity contribution in [1.82, 2.24) is 0 Å². The van der Waals surface area contributed by atoms with Gasteiger partial charge < -0.3 is 8.53 Å². The minimum Gasteiger partial charge on any atom is -0.478 e. The van der Waals surface area contributed by atoms with Crippen LogP contribution in [0.25, 0.3) is 0 Å². The largest absolute Gasteiger partial charge is 0.478 e. The molecule has 0 saturated heterocycles. The second-order valence-electron chi connectivity index (χ2n) is 6.31. The highest BCUT2D eigenvalue weighted by molar-refractivity contribution is 6.51. The fourth-order valence-corrected chi connectivity index (χ4v) is 5.04. The average molecular weight is 258 g/mol. The molecule has 1 atom stereocenters. The van der Waals surface area contributed by atoms with Crippen molar-refractivity contribution in [2.45, 2.75) is 65.3 Å². The van der Waals surface area contributed by atoms with Gasteiger partial charge in [-0.1, -0.05) is 63.9 Å². The first-order chi connectivity index (χ1) is 7.81. The van der Waals surface area contributed by atoms with E-state index in [-0.39, 0.29) is 6.29 Å². The summed E-state index contributed by atoms with van der Waals surface area (Å²) in [5.74, 6) is 2.06. The summed E-state index contributed by atoms with van der Waals surface area (Å²) < 4.78 is 11.8. The second-order valence-corrected chi connectivity index (χ2v) is 8.77. The summed E-state index contributed by atoms with van der Waals surface area (Å²) in [6, 6.07) is 0. The standard InChI is InChI=1S/C6H13O2.2C4H9.Al/c1-5(2)4-8-6(3)7;2*1-4(2)3;/h5-6H,4H2,1-3H3;2*4H,1H2,2-3H3;/q-1;;;+1. The monoisotopic (exact) mass is 258 g/mol. The van der Waals surface area contributed by atoms with Crippen LogP contribution in [-0.2, 0) is 8.53 Å². The Morgan fingerprint density at radius 2 is 1.24 bits per heavy atom. The Hall–Kier alpha value is 0.452. The van der Waals surface area contributed by atoms with Gasteiger partial charge in [-0.2, -0.15) is 0 Å². The lowest BCUT2D eigenvalue weighted by Crippen LogP contribution is -2.29. The molecule has 0 heterocycles. The van der Waals surface area contributed by atoms with Crippen LogP contribution in [0, 0.1) is 17.8 Å². The summed E-state index contributed by atoms with van der Waals surface area (Å²) >= 11 is -1.10. The summed E-state index contributed by atoms with van der Waals surface area (Å²) in [6.07, 6.45) is -0.0217. The van der Waals surface area contributed by atoms with Crippen molar-refractivity contribution >= 4 is 14.5 Å². The molecule has 0 N–H and O–H groups in total. The quantitative estimate of drug-likeness (QED) is 0.453. The van der Waals surface area contributed by atoms with Crippen LogP contribution in [0.5, 0.6) is 0 Å². The molecule has 0 aliphatic heterocycles. The molecule has 2 nitrogen and oxygen atoms in total. The van der Waals surface area contributed by atoms with Gasteiger partial charge in [0.25, 0.3) is 0 Å². The van der Waals surface area contributed by atoms with E-state index in [1.165, 1.54) is 10.6 Å². The minimum absolute atomic E-state index is 0.0217. The van der Waals surface area contributed by atoms with E-state index >= 15 is 0 Å². The molecule has 0 aromatic rings.